The molecule has 1 saturated heterocycles. The number of aromatic amines is 1. The number of carbonyl (C=O) groups is 3. The van der Waals surface area contributed by atoms with Crippen molar-refractivity contribution in [1.29, 1.82) is 0 Å². The predicted octanol–water partition coefficient (Wildman–Crippen LogP) is 5.56. The monoisotopic (exact) mass is 519 g/mol. The second-order valence-corrected chi connectivity index (χ2v) is 9.74. The average molecular weight is 520 g/mol. The highest BCUT2D eigenvalue weighted by Crippen LogP contribution is 2.34. The number of amides is 4. The van der Waals surface area contributed by atoms with Crippen LogP contribution in [0.25, 0.3) is 17.1 Å². The van der Waals surface area contributed by atoms with Gasteiger partial charge in [-0.05, 0) is 66.3 Å². The maximum absolute atomic E-state index is 12.7. The number of fused-ring (bicyclic) bond motifs is 1. The Hall–Kier alpha value is -3.96. The van der Waals surface area contributed by atoms with Gasteiger partial charge in [0.2, 0.25) is 0 Å². The summed E-state index contributed by atoms with van der Waals surface area (Å²) in [7, 11) is 0. The van der Waals surface area contributed by atoms with E-state index in [0.29, 0.717) is 39.6 Å². The van der Waals surface area contributed by atoms with E-state index in [2.05, 4.69) is 20.6 Å². The molecule has 1 aliphatic heterocycles. The summed E-state index contributed by atoms with van der Waals surface area (Å²) in [5, 5.41) is 6.40. The maximum atomic E-state index is 12.7. The van der Waals surface area contributed by atoms with Gasteiger partial charge in [-0.15, -0.1) is 0 Å². The molecule has 0 spiro atoms. The van der Waals surface area contributed by atoms with Gasteiger partial charge in [-0.1, -0.05) is 30.3 Å². The number of aromatic nitrogens is 2. The molecule has 2 aromatic carbocycles. The van der Waals surface area contributed by atoms with Crippen LogP contribution in [0.4, 0.5) is 15.3 Å². The smallest absolute Gasteiger partial charge is 0.319 e. The van der Waals surface area contributed by atoms with Gasteiger partial charge in [0, 0.05) is 24.9 Å². The summed E-state index contributed by atoms with van der Waals surface area (Å²) in [4.78, 5) is 46.3. The SMILES string of the molecule is O=C(NCCCN1C(=O)S/C(=C\c2ccc(Sc3nc4ccccc4[nH]3)o2)C1=O)Nc1ccccc1. The van der Waals surface area contributed by atoms with Crippen LogP contribution in [-0.2, 0) is 4.79 Å². The zero-order valence-corrected chi connectivity index (χ0v) is 20.5. The number of thioether (sulfide) groups is 1. The van der Waals surface area contributed by atoms with Gasteiger partial charge < -0.3 is 20.0 Å². The molecule has 0 atom stereocenters. The molecule has 0 unspecified atom stereocenters. The van der Waals surface area contributed by atoms with E-state index < -0.39 is 0 Å². The van der Waals surface area contributed by atoms with Crippen LogP contribution in [0.2, 0.25) is 0 Å². The molecule has 0 bridgehead atoms. The number of rotatable bonds is 8. The predicted molar refractivity (Wildman–Crippen MR) is 140 cm³/mol. The minimum atomic E-state index is -0.373. The normalized spacial score (nSPS) is 14.7. The number of carbonyl (C=O) groups excluding carboxylic acids is 3. The van der Waals surface area contributed by atoms with Crippen molar-refractivity contribution in [3.05, 3.63) is 77.4 Å². The van der Waals surface area contributed by atoms with Gasteiger partial charge in [-0.2, -0.15) is 0 Å². The molecule has 9 nitrogen and oxygen atoms in total. The second-order valence-electron chi connectivity index (χ2n) is 7.75. The molecular formula is C25H21N5O4S2. The zero-order valence-electron chi connectivity index (χ0n) is 18.9. The number of H-pyrrole nitrogens is 1. The molecule has 11 heteroatoms. The highest BCUT2D eigenvalue weighted by Gasteiger charge is 2.34. The molecule has 1 aliphatic rings. The first-order valence-corrected chi connectivity index (χ1v) is 12.8. The number of imide groups is 1. The number of furan rings is 1. The number of nitrogens with one attached hydrogen (secondary N) is 3. The molecule has 0 saturated carbocycles. The molecule has 3 N–H and O–H groups in total. The Kier molecular flexibility index (Phi) is 7.10. The molecule has 1 fully saturated rings. The summed E-state index contributed by atoms with van der Waals surface area (Å²) in [5.74, 6) is 0.0972. The van der Waals surface area contributed by atoms with Crippen molar-refractivity contribution in [2.24, 2.45) is 0 Å². The van der Waals surface area contributed by atoms with E-state index in [0.717, 1.165) is 22.8 Å². The van der Waals surface area contributed by atoms with Crippen molar-refractivity contribution >= 4 is 63.5 Å². The Balaban J connectivity index is 1.12. The molecule has 4 aromatic rings. The highest BCUT2D eigenvalue weighted by molar-refractivity contribution is 8.18. The zero-order chi connectivity index (χ0) is 24.9. The number of urea groups is 1. The third-order valence-corrected chi connectivity index (χ3v) is 6.90. The summed E-state index contributed by atoms with van der Waals surface area (Å²) in [6.45, 7) is 0.527. The lowest BCUT2D eigenvalue weighted by atomic mass is 10.3. The van der Waals surface area contributed by atoms with E-state index in [1.165, 1.54) is 16.7 Å². The standard InChI is InChI=1S/C25H21N5O4S2/c31-22-20(15-17-11-12-21(34-17)36-24-28-18-9-4-5-10-19(18)29-24)35-25(33)30(22)14-6-13-26-23(32)27-16-7-2-1-3-8-16/h1-5,7-12,15H,6,13-14H2,(H,28,29)(H2,26,27,32)/b20-15-. The van der Waals surface area contributed by atoms with Gasteiger partial charge in [0.1, 0.15) is 5.76 Å². The molecule has 4 amide bonds. The molecular weight excluding hydrogens is 498 g/mol. The van der Waals surface area contributed by atoms with Gasteiger partial charge in [0.15, 0.2) is 10.2 Å². The number of imidazole rings is 1. The number of hydrogen-bond donors (Lipinski definition) is 3. The van der Waals surface area contributed by atoms with Crippen molar-refractivity contribution in [3.8, 4) is 0 Å². The third kappa shape index (κ3) is 5.64. The van der Waals surface area contributed by atoms with E-state index in [1.807, 2.05) is 42.5 Å². The van der Waals surface area contributed by atoms with E-state index in [1.54, 1.807) is 30.3 Å². The number of hydrogen-bond acceptors (Lipinski definition) is 7. The molecule has 2 aromatic heterocycles. The van der Waals surface area contributed by atoms with E-state index >= 15 is 0 Å². The molecule has 3 heterocycles. The first-order valence-electron chi connectivity index (χ1n) is 11.1. The lowest BCUT2D eigenvalue weighted by Crippen LogP contribution is -2.34. The highest BCUT2D eigenvalue weighted by atomic mass is 32.2. The second kappa shape index (κ2) is 10.8. The number of para-hydroxylation sites is 3. The number of nitrogens with zero attached hydrogens (tertiary/aromatic N) is 2. The van der Waals surface area contributed by atoms with Crippen LogP contribution in [0.3, 0.4) is 0 Å². The minimum Gasteiger partial charge on any atom is -0.450 e. The lowest BCUT2D eigenvalue weighted by Gasteiger charge is -2.12. The van der Waals surface area contributed by atoms with Gasteiger partial charge in [-0.25, -0.2) is 9.78 Å². The topological polar surface area (TPSA) is 120 Å². The van der Waals surface area contributed by atoms with Gasteiger partial charge >= 0.3 is 6.03 Å². The average Bonchev–Trinajstić information content (AvgIpc) is 3.56. The fourth-order valence-electron chi connectivity index (χ4n) is 3.50. The minimum absolute atomic E-state index is 0.207. The van der Waals surface area contributed by atoms with E-state index in [4.69, 9.17) is 4.42 Å². The van der Waals surface area contributed by atoms with Crippen molar-refractivity contribution in [2.75, 3.05) is 18.4 Å². The quantitative estimate of drug-likeness (QED) is 0.206. The van der Waals surface area contributed by atoms with Crippen LogP contribution < -0.4 is 10.6 Å². The van der Waals surface area contributed by atoms with Crippen LogP contribution in [0.5, 0.6) is 0 Å². The molecule has 0 aliphatic carbocycles. The summed E-state index contributed by atoms with van der Waals surface area (Å²) < 4.78 is 5.81. The fraction of sp³-hybridized carbons (Fsp3) is 0.120. The number of anilines is 1. The Morgan fingerprint density at radius 3 is 2.72 bits per heavy atom. The van der Waals surface area contributed by atoms with E-state index in [-0.39, 0.29) is 23.7 Å². The summed E-state index contributed by atoms with van der Waals surface area (Å²) in [6, 6.07) is 20.0. The van der Waals surface area contributed by atoms with Gasteiger partial charge in [0.05, 0.1) is 15.9 Å². The van der Waals surface area contributed by atoms with Crippen molar-refractivity contribution < 1.29 is 18.8 Å². The van der Waals surface area contributed by atoms with Gasteiger partial charge in [0.25, 0.3) is 11.1 Å². The molecule has 0 radical (unpaired) electrons. The molecule has 5 rings (SSSR count). The van der Waals surface area contributed by atoms with Crippen LogP contribution in [0, 0.1) is 0 Å². The van der Waals surface area contributed by atoms with Crippen molar-refractivity contribution in [1.82, 2.24) is 20.2 Å². The summed E-state index contributed by atoms with van der Waals surface area (Å²) in [5.41, 5.74) is 2.49. The van der Waals surface area contributed by atoms with Gasteiger partial charge in [-0.3, -0.25) is 14.5 Å². The Bertz CT molecular complexity index is 1410. The number of benzene rings is 2. The largest absolute Gasteiger partial charge is 0.450 e. The Morgan fingerprint density at radius 1 is 1.08 bits per heavy atom. The third-order valence-electron chi connectivity index (χ3n) is 5.19. The first kappa shape index (κ1) is 23.8. The lowest BCUT2D eigenvalue weighted by molar-refractivity contribution is -0.122. The van der Waals surface area contributed by atoms with Crippen LogP contribution in [0.15, 0.2) is 86.3 Å². The summed E-state index contributed by atoms with van der Waals surface area (Å²) in [6.07, 6.45) is 2.01. The summed E-state index contributed by atoms with van der Waals surface area (Å²) >= 11 is 2.21. The molecule has 182 valence electrons. The van der Waals surface area contributed by atoms with Crippen molar-refractivity contribution in [3.63, 3.8) is 0 Å². The fourth-order valence-corrected chi connectivity index (χ4v) is 5.11. The van der Waals surface area contributed by atoms with Crippen LogP contribution >= 0.6 is 23.5 Å². The maximum Gasteiger partial charge on any atom is 0.319 e. The van der Waals surface area contributed by atoms with Crippen molar-refractivity contribution in [2.45, 2.75) is 16.7 Å². The van der Waals surface area contributed by atoms with Crippen LogP contribution in [0.1, 0.15) is 12.2 Å². The van der Waals surface area contributed by atoms with E-state index in [9.17, 15) is 14.4 Å². The Morgan fingerprint density at radius 2 is 1.89 bits per heavy atom. The first-order chi connectivity index (χ1) is 17.5. The Labute approximate surface area is 214 Å². The van der Waals surface area contributed by atoms with Crippen LogP contribution in [-0.4, -0.2) is 45.1 Å². The molecule has 36 heavy (non-hydrogen) atoms.